The average Bonchev–Trinajstić information content (AvgIpc) is 2.38. The van der Waals surface area contributed by atoms with Gasteiger partial charge in [0.2, 0.25) is 0 Å². The van der Waals surface area contributed by atoms with E-state index in [0.29, 0.717) is 0 Å². The zero-order valence-electron chi connectivity index (χ0n) is 5.55. The van der Waals surface area contributed by atoms with Crippen LogP contribution in [0, 0.1) is 0 Å². The molecule has 0 radical (unpaired) electrons. The topological polar surface area (TPSA) is 63.3 Å². The predicted molar refractivity (Wildman–Crippen MR) is 35.0 cm³/mol. The number of nitrogens with zero attached hydrogens (tertiary/aromatic N) is 4. The third-order valence-corrected chi connectivity index (χ3v) is 1.19. The van der Waals surface area contributed by atoms with Gasteiger partial charge in [0.15, 0.2) is 0 Å². The minimum absolute atomic E-state index is 0.000000000000000666. The Morgan fingerprint density at radius 1 is 1.60 bits per heavy atom. The summed E-state index contributed by atoms with van der Waals surface area (Å²) >= 11 is 0. The van der Waals surface area contributed by atoms with E-state index in [9.17, 15) is 0 Å². The molecule has 1 aromatic heterocycles. The lowest BCUT2D eigenvalue weighted by Crippen LogP contribution is -2.03. The molecular weight excluding hydrogens is 132 g/mol. The molecule has 5 nitrogen and oxygen atoms in total. The molecule has 1 unspecified atom stereocenters. The Morgan fingerprint density at radius 2 is 2.20 bits per heavy atom. The fraction of sp³-hybridized carbons (Fsp3) is 0.400. The fourth-order valence-corrected chi connectivity index (χ4v) is 0.592. The smallest absolute Gasteiger partial charge is 0.119 e. The number of rotatable bonds is 2. The first-order valence-corrected chi connectivity index (χ1v) is 2.86. The van der Waals surface area contributed by atoms with E-state index in [1.165, 1.54) is 6.21 Å². The first-order chi connectivity index (χ1) is 4.84. The van der Waals surface area contributed by atoms with Gasteiger partial charge in [0.25, 0.3) is 0 Å². The third kappa shape index (κ3) is 1.31. The Kier molecular flexibility index (Phi) is 1.99. The second-order valence-corrected chi connectivity index (χ2v) is 1.91. The van der Waals surface area contributed by atoms with Crippen LogP contribution in [0.15, 0.2) is 17.8 Å². The number of oxime groups is 1. The van der Waals surface area contributed by atoms with E-state index in [1.54, 1.807) is 17.2 Å². The van der Waals surface area contributed by atoms with Crippen LogP contribution in [0.25, 0.3) is 0 Å². The molecule has 0 saturated heterocycles. The van der Waals surface area contributed by atoms with E-state index in [2.05, 4.69) is 15.4 Å². The largest absolute Gasteiger partial charge is 0.411 e. The van der Waals surface area contributed by atoms with Crippen molar-refractivity contribution in [2.24, 2.45) is 5.16 Å². The molecule has 0 aliphatic carbocycles. The van der Waals surface area contributed by atoms with Gasteiger partial charge in [0, 0.05) is 0 Å². The second-order valence-electron chi connectivity index (χ2n) is 1.91. The molecule has 0 aliphatic heterocycles. The summed E-state index contributed by atoms with van der Waals surface area (Å²) in [7, 11) is 0. The zero-order chi connectivity index (χ0) is 7.40. The highest BCUT2D eigenvalue weighted by atomic mass is 16.4. The summed E-state index contributed by atoms with van der Waals surface area (Å²) in [6.07, 6.45) is 4.52. The van der Waals surface area contributed by atoms with E-state index in [0.717, 1.165) is 0 Å². The Bertz CT molecular complexity index is 205. The van der Waals surface area contributed by atoms with Gasteiger partial charge in [-0.1, -0.05) is 5.16 Å². The SMILES string of the molecule is CC(/C=N/O)n1cnnc1. The Hall–Kier alpha value is -1.39. The summed E-state index contributed by atoms with van der Waals surface area (Å²) in [5, 5.41) is 18.2. The average molecular weight is 140 g/mol. The van der Waals surface area contributed by atoms with Crippen LogP contribution >= 0.6 is 0 Å². The molecular formula is C5H8N4O. The van der Waals surface area contributed by atoms with E-state index in [1.807, 2.05) is 6.92 Å². The highest BCUT2D eigenvalue weighted by molar-refractivity contribution is 5.61. The Balaban J connectivity index is 2.67. The van der Waals surface area contributed by atoms with Gasteiger partial charge in [-0.2, -0.15) is 0 Å². The minimum atomic E-state index is -0.000000000000000666. The maximum absolute atomic E-state index is 8.15. The van der Waals surface area contributed by atoms with Gasteiger partial charge in [0.1, 0.15) is 12.7 Å². The predicted octanol–water partition coefficient (Wildman–Crippen LogP) is 0.299. The number of hydrogen-bond donors (Lipinski definition) is 1. The lowest BCUT2D eigenvalue weighted by Gasteiger charge is -2.02. The molecule has 1 heterocycles. The van der Waals surface area contributed by atoms with Crippen LogP contribution in [0.3, 0.4) is 0 Å². The van der Waals surface area contributed by atoms with Crippen LogP contribution in [0.1, 0.15) is 13.0 Å². The van der Waals surface area contributed by atoms with Crippen molar-refractivity contribution in [2.75, 3.05) is 0 Å². The highest BCUT2D eigenvalue weighted by Crippen LogP contribution is 1.97. The summed E-state index contributed by atoms with van der Waals surface area (Å²) < 4.78 is 1.72. The summed E-state index contributed by atoms with van der Waals surface area (Å²) in [5.74, 6) is 0. The molecule has 1 aromatic rings. The summed E-state index contributed by atoms with van der Waals surface area (Å²) in [6.45, 7) is 1.86. The molecule has 0 fully saturated rings. The lowest BCUT2D eigenvalue weighted by molar-refractivity contribution is 0.318. The molecule has 54 valence electrons. The molecule has 0 amide bonds. The van der Waals surface area contributed by atoms with Crippen molar-refractivity contribution in [3.8, 4) is 0 Å². The maximum Gasteiger partial charge on any atom is 0.119 e. The van der Waals surface area contributed by atoms with Crippen molar-refractivity contribution in [3.63, 3.8) is 0 Å². The van der Waals surface area contributed by atoms with Crippen LogP contribution in [-0.2, 0) is 0 Å². The number of aromatic nitrogens is 3. The van der Waals surface area contributed by atoms with Crippen LogP contribution < -0.4 is 0 Å². The minimum Gasteiger partial charge on any atom is -0.411 e. The van der Waals surface area contributed by atoms with Gasteiger partial charge in [-0.05, 0) is 6.92 Å². The number of hydrogen-bond acceptors (Lipinski definition) is 4. The van der Waals surface area contributed by atoms with Crippen LogP contribution in [0.2, 0.25) is 0 Å². The van der Waals surface area contributed by atoms with E-state index in [4.69, 9.17) is 5.21 Å². The first-order valence-electron chi connectivity index (χ1n) is 2.86. The molecule has 0 bridgehead atoms. The van der Waals surface area contributed by atoms with Gasteiger partial charge >= 0.3 is 0 Å². The fourth-order valence-electron chi connectivity index (χ4n) is 0.592. The van der Waals surface area contributed by atoms with Gasteiger partial charge < -0.3 is 9.77 Å². The molecule has 10 heavy (non-hydrogen) atoms. The molecule has 0 saturated carbocycles. The van der Waals surface area contributed by atoms with Gasteiger partial charge in [-0.25, -0.2) is 0 Å². The molecule has 0 aliphatic rings. The lowest BCUT2D eigenvalue weighted by atomic mass is 10.4. The highest BCUT2D eigenvalue weighted by Gasteiger charge is 1.98. The maximum atomic E-state index is 8.15. The normalized spacial score (nSPS) is 14.1. The van der Waals surface area contributed by atoms with Crippen LogP contribution in [0.5, 0.6) is 0 Å². The van der Waals surface area contributed by atoms with Gasteiger partial charge in [0.05, 0.1) is 12.3 Å². The second kappa shape index (κ2) is 2.95. The standard InChI is InChI=1S/C5H8N4O/c1-5(2-8-10)9-3-6-7-4-9/h2-5,10H,1H3/b8-2+. The van der Waals surface area contributed by atoms with Crippen molar-refractivity contribution in [3.05, 3.63) is 12.7 Å². The molecule has 0 aromatic carbocycles. The molecule has 1 atom stereocenters. The van der Waals surface area contributed by atoms with Crippen molar-refractivity contribution in [1.29, 1.82) is 0 Å². The van der Waals surface area contributed by atoms with E-state index in [-0.39, 0.29) is 6.04 Å². The van der Waals surface area contributed by atoms with E-state index >= 15 is 0 Å². The van der Waals surface area contributed by atoms with Crippen LogP contribution in [0.4, 0.5) is 0 Å². The monoisotopic (exact) mass is 140 g/mol. The Labute approximate surface area is 58.0 Å². The molecule has 1 N–H and O–H groups in total. The van der Waals surface area contributed by atoms with E-state index < -0.39 is 0 Å². The van der Waals surface area contributed by atoms with Crippen molar-refractivity contribution in [2.45, 2.75) is 13.0 Å². The summed E-state index contributed by atoms with van der Waals surface area (Å²) in [4.78, 5) is 0. The van der Waals surface area contributed by atoms with Crippen molar-refractivity contribution in [1.82, 2.24) is 14.8 Å². The molecule has 0 spiro atoms. The summed E-state index contributed by atoms with van der Waals surface area (Å²) in [6, 6.07) is -0.000000000000000666. The molecule has 5 heteroatoms. The van der Waals surface area contributed by atoms with Gasteiger partial charge in [-0.15, -0.1) is 10.2 Å². The third-order valence-electron chi connectivity index (χ3n) is 1.19. The summed E-state index contributed by atoms with van der Waals surface area (Å²) in [5.41, 5.74) is 0. The van der Waals surface area contributed by atoms with Crippen molar-refractivity contribution >= 4 is 6.21 Å². The van der Waals surface area contributed by atoms with Gasteiger partial charge in [-0.3, -0.25) is 0 Å². The van der Waals surface area contributed by atoms with Crippen molar-refractivity contribution < 1.29 is 5.21 Å². The van der Waals surface area contributed by atoms with Crippen LogP contribution in [-0.4, -0.2) is 26.2 Å². The zero-order valence-corrected chi connectivity index (χ0v) is 5.55. The molecule has 1 rings (SSSR count). The quantitative estimate of drug-likeness (QED) is 0.365. The first kappa shape index (κ1) is 6.73. The Morgan fingerprint density at radius 3 is 2.70 bits per heavy atom.